The Bertz CT molecular complexity index is 451. The Hall–Kier alpha value is -1.78. The quantitative estimate of drug-likeness (QED) is 0.804. The third-order valence-electron chi connectivity index (χ3n) is 2.58. The smallest absolute Gasteiger partial charge is 0.322 e. The summed E-state index contributed by atoms with van der Waals surface area (Å²) in [4.78, 5) is 11.3. The Morgan fingerprint density at radius 3 is 2.41 bits per heavy atom. The van der Waals surface area contributed by atoms with Gasteiger partial charge in [0, 0.05) is 12.3 Å². The zero-order valence-corrected chi connectivity index (χ0v) is 8.79. The molecule has 1 aromatic rings. The Kier molecular flexibility index (Phi) is 2.92. The van der Waals surface area contributed by atoms with Gasteiger partial charge in [0.25, 0.3) is 0 Å². The summed E-state index contributed by atoms with van der Waals surface area (Å²) in [5.41, 5.74) is -0.258. The maximum absolute atomic E-state index is 12.5. The molecule has 90 valence electrons. The van der Waals surface area contributed by atoms with Crippen LogP contribution in [0.5, 0.6) is 0 Å². The standard InChI is InChI=1S/C12H10F3NO/c13-12(14,15)10-6-9(7-11(17)16-10)8-4-2-1-3-5-8/h1-6,9H,7H2,(H,16,17)/t9-/m1/s1. The molecule has 1 amide bonds. The minimum absolute atomic E-state index is 0.0452. The number of alkyl halides is 3. The van der Waals surface area contributed by atoms with Crippen molar-refractivity contribution in [3.63, 3.8) is 0 Å². The maximum atomic E-state index is 12.5. The highest BCUT2D eigenvalue weighted by molar-refractivity contribution is 5.80. The van der Waals surface area contributed by atoms with E-state index < -0.39 is 23.7 Å². The van der Waals surface area contributed by atoms with E-state index in [1.807, 2.05) is 5.32 Å². The van der Waals surface area contributed by atoms with E-state index in [2.05, 4.69) is 0 Å². The number of nitrogens with one attached hydrogen (secondary N) is 1. The number of allylic oxidation sites excluding steroid dienone is 2. The van der Waals surface area contributed by atoms with Crippen LogP contribution < -0.4 is 5.32 Å². The summed E-state index contributed by atoms with van der Waals surface area (Å²) in [7, 11) is 0. The molecule has 0 saturated heterocycles. The summed E-state index contributed by atoms with van der Waals surface area (Å²) < 4.78 is 37.6. The molecule has 2 rings (SSSR count). The van der Waals surface area contributed by atoms with Crippen molar-refractivity contribution in [1.29, 1.82) is 0 Å². The molecule has 0 bridgehead atoms. The average molecular weight is 241 g/mol. The van der Waals surface area contributed by atoms with Gasteiger partial charge >= 0.3 is 6.18 Å². The second-order valence-electron chi connectivity index (χ2n) is 3.85. The van der Waals surface area contributed by atoms with Gasteiger partial charge < -0.3 is 5.32 Å². The SMILES string of the molecule is O=C1C[C@H](c2ccccc2)C=C(C(F)(F)F)N1. The van der Waals surface area contributed by atoms with Gasteiger partial charge in [-0.1, -0.05) is 30.3 Å². The van der Waals surface area contributed by atoms with Gasteiger partial charge in [0.2, 0.25) is 5.91 Å². The Balaban J connectivity index is 2.33. The molecule has 0 aliphatic carbocycles. The fraction of sp³-hybridized carbons (Fsp3) is 0.250. The molecule has 5 heteroatoms. The third-order valence-corrected chi connectivity index (χ3v) is 2.58. The number of halogens is 3. The van der Waals surface area contributed by atoms with Crippen LogP contribution >= 0.6 is 0 Å². The molecule has 1 aliphatic heterocycles. The van der Waals surface area contributed by atoms with Crippen molar-refractivity contribution in [2.45, 2.75) is 18.5 Å². The van der Waals surface area contributed by atoms with Gasteiger partial charge in [0.05, 0.1) is 0 Å². The van der Waals surface area contributed by atoms with Gasteiger partial charge in [0.15, 0.2) is 0 Å². The summed E-state index contributed by atoms with van der Waals surface area (Å²) >= 11 is 0. The van der Waals surface area contributed by atoms with E-state index in [1.54, 1.807) is 30.3 Å². The van der Waals surface area contributed by atoms with Crippen LogP contribution in [0.3, 0.4) is 0 Å². The maximum Gasteiger partial charge on any atom is 0.431 e. The Labute approximate surface area is 96.1 Å². The van der Waals surface area contributed by atoms with Gasteiger partial charge in [0.1, 0.15) is 5.70 Å². The van der Waals surface area contributed by atoms with Crippen LogP contribution in [0.25, 0.3) is 0 Å². The van der Waals surface area contributed by atoms with Crippen LogP contribution in [0.4, 0.5) is 13.2 Å². The predicted molar refractivity (Wildman–Crippen MR) is 56.1 cm³/mol. The van der Waals surface area contributed by atoms with E-state index in [4.69, 9.17) is 0 Å². The zero-order valence-electron chi connectivity index (χ0n) is 8.79. The molecule has 1 aromatic carbocycles. The second-order valence-corrected chi connectivity index (χ2v) is 3.85. The van der Waals surface area contributed by atoms with Crippen LogP contribution in [-0.2, 0) is 4.79 Å². The monoisotopic (exact) mass is 241 g/mol. The molecule has 1 N–H and O–H groups in total. The molecule has 2 nitrogen and oxygen atoms in total. The van der Waals surface area contributed by atoms with Gasteiger partial charge in [-0.25, -0.2) is 0 Å². The lowest BCUT2D eigenvalue weighted by Crippen LogP contribution is -2.36. The van der Waals surface area contributed by atoms with Gasteiger partial charge in [-0.15, -0.1) is 0 Å². The predicted octanol–water partition coefficient (Wildman–Crippen LogP) is 2.74. The van der Waals surface area contributed by atoms with Gasteiger partial charge in [-0.05, 0) is 11.6 Å². The van der Waals surface area contributed by atoms with Crippen molar-refractivity contribution in [2.75, 3.05) is 0 Å². The normalized spacial score (nSPS) is 20.8. The highest BCUT2D eigenvalue weighted by atomic mass is 19.4. The Morgan fingerprint density at radius 1 is 1.18 bits per heavy atom. The van der Waals surface area contributed by atoms with Crippen molar-refractivity contribution in [3.8, 4) is 0 Å². The molecule has 1 heterocycles. The fourth-order valence-corrected chi connectivity index (χ4v) is 1.78. The highest BCUT2D eigenvalue weighted by Crippen LogP contribution is 2.32. The first-order chi connectivity index (χ1) is 7.97. The highest BCUT2D eigenvalue weighted by Gasteiger charge is 2.38. The van der Waals surface area contributed by atoms with Crippen molar-refractivity contribution >= 4 is 5.91 Å². The molecule has 0 unspecified atom stereocenters. The topological polar surface area (TPSA) is 29.1 Å². The van der Waals surface area contributed by atoms with Gasteiger partial charge in [-0.2, -0.15) is 13.2 Å². The lowest BCUT2D eigenvalue weighted by Gasteiger charge is -2.23. The molecule has 0 spiro atoms. The first-order valence-electron chi connectivity index (χ1n) is 5.10. The first-order valence-corrected chi connectivity index (χ1v) is 5.10. The zero-order chi connectivity index (χ0) is 12.5. The fourth-order valence-electron chi connectivity index (χ4n) is 1.78. The van der Waals surface area contributed by atoms with E-state index in [9.17, 15) is 18.0 Å². The average Bonchev–Trinajstić information content (AvgIpc) is 2.28. The molecular formula is C12H10F3NO. The number of carbonyl (C=O) groups is 1. The van der Waals surface area contributed by atoms with E-state index in [-0.39, 0.29) is 6.42 Å². The third kappa shape index (κ3) is 2.67. The van der Waals surface area contributed by atoms with Crippen molar-refractivity contribution in [2.24, 2.45) is 0 Å². The number of hydrogen-bond acceptors (Lipinski definition) is 1. The van der Waals surface area contributed by atoms with Crippen LogP contribution in [0.2, 0.25) is 0 Å². The van der Waals surface area contributed by atoms with Crippen molar-refractivity contribution < 1.29 is 18.0 Å². The van der Waals surface area contributed by atoms with Crippen LogP contribution in [0.15, 0.2) is 42.1 Å². The summed E-state index contributed by atoms with van der Waals surface area (Å²) in [5.74, 6) is -1.12. The lowest BCUT2D eigenvalue weighted by atomic mass is 9.92. The number of hydrogen-bond donors (Lipinski definition) is 1. The number of rotatable bonds is 1. The van der Waals surface area contributed by atoms with E-state index in [0.29, 0.717) is 5.56 Å². The molecule has 0 radical (unpaired) electrons. The molecule has 0 saturated carbocycles. The largest absolute Gasteiger partial charge is 0.431 e. The van der Waals surface area contributed by atoms with Crippen LogP contribution in [-0.4, -0.2) is 12.1 Å². The van der Waals surface area contributed by atoms with Gasteiger partial charge in [-0.3, -0.25) is 4.79 Å². The van der Waals surface area contributed by atoms with E-state index in [1.165, 1.54) is 0 Å². The lowest BCUT2D eigenvalue weighted by molar-refractivity contribution is -0.128. The molecular weight excluding hydrogens is 231 g/mol. The van der Waals surface area contributed by atoms with E-state index >= 15 is 0 Å². The Morgan fingerprint density at radius 2 is 1.82 bits per heavy atom. The van der Waals surface area contributed by atoms with Crippen molar-refractivity contribution in [3.05, 3.63) is 47.7 Å². The summed E-state index contributed by atoms with van der Waals surface area (Å²) in [5, 5.41) is 1.85. The number of carbonyl (C=O) groups excluding carboxylic acids is 1. The van der Waals surface area contributed by atoms with Crippen LogP contribution in [0.1, 0.15) is 17.9 Å². The molecule has 0 fully saturated rings. The van der Waals surface area contributed by atoms with Crippen molar-refractivity contribution in [1.82, 2.24) is 5.32 Å². The molecule has 17 heavy (non-hydrogen) atoms. The van der Waals surface area contributed by atoms with E-state index in [0.717, 1.165) is 6.08 Å². The molecule has 1 atom stereocenters. The summed E-state index contributed by atoms with van der Waals surface area (Å²) in [6.45, 7) is 0. The minimum atomic E-state index is -4.51. The molecule has 0 aromatic heterocycles. The number of amides is 1. The summed E-state index contributed by atoms with van der Waals surface area (Å²) in [6, 6.07) is 8.69. The number of benzene rings is 1. The molecule has 1 aliphatic rings. The first kappa shape index (κ1) is 11.7. The minimum Gasteiger partial charge on any atom is -0.322 e. The second kappa shape index (κ2) is 4.24. The van der Waals surface area contributed by atoms with Crippen LogP contribution in [0, 0.1) is 0 Å². The summed E-state index contributed by atoms with van der Waals surface area (Å²) in [6.07, 6.45) is -3.40.